The van der Waals surface area contributed by atoms with Gasteiger partial charge in [0, 0.05) is 38.4 Å². The van der Waals surface area contributed by atoms with Gasteiger partial charge in [0.2, 0.25) is 0 Å². The molecule has 1 aliphatic rings. The molecule has 3 rings (SSSR count). The normalized spacial score (nSPS) is 14.6. The molecule has 30 heavy (non-hydrogen) atoms. The summed E-state index contributed by atoms with van der Waals surface area (Å²) in [5, 5.41) is 9.72. The number of piperazine rings is 1. The molecule has 1 fully saturated rings. The second kappa shape index (κ2) is 10.3. The molecule has 0 aromatic heterocycles. The van der Waals surface area contributed by atoms with E-state index in [9.17, 15) is 9.90 Å². The smallest absolute Gasteiger partial charge is 0.411 e. The van der Waals surface area contributed by atoms with Gasteiger partial charge in [0.1, 0.15) is 5.75 Å². The summed E-state index contributed by atoms with van der Waals surface area (Å²) < 4.78 is 5.62. The highest BCUT2D eigenvalue weighted by molar-refractivity contribution is 5.88. The van der Waals surface area contributed by atoms with Crippen molar-refractivity contribution in [3.05, 3.63) is 53.6 Å². The Bertz CT molecular complexity index is 847. The third-order valence-corrected chi connectivity index (χ3v) is 5.62. The van der Waals surface area contributed by atoms with Crippen molar-refractivity contribution in [1.82, 2.24) is 4.90 Å². The van der Waals surface area contributed by atoms with Crippen LogP contribution in [0.4, 0.5) is 16.2 Å². The first kappa shape index (κ1) is 22.0. The molecule has 162 valence electrons. The molecule has 1 heterocycles. The largest absolute Gasteiger partial charge is 0.492 e. The van der Waals surface area contributed by atoms with E-state index >= 15 is 0 Å². The molecule has 6 heteroatoms. The van der Waals surface area contributed by atoms with Gasteiger partial charge in [-0.25, -0.2) is 4.79 Å². The van der Waals surface area contributed by atoms with Gasteiger partial charge in [-0.15, -0.1) is 0 Å². The lowest BCUT2D eigenvalue weighted by molar-refractivity contribution is 0.200. The maximum Gasteiger partial charge on any atom is 0.411 e. The summed E-state index contributed by atoms with van der Waals surface area (Å²) in [6, 6.07) is 14.0. The van der Waals surface area contributed by atoms with Gasteiger partial charge in [0.15, 0.2) is 0 Å². The molecule has 2 aromatic rings. The van der Waals surface area contributed by atoms with E-state index < -0.39 is 6.09 Å². The molecule has 1 aliphatic heterocycles. The van der Waals surface area contributed by atoms with Crippen LogP contribution in [0.2, 0.25) is 0 Å². The number of hydrogen-bond donors (Lipinski definition) is 1. The fourth-order valence-corrected chi connectivity index (χ4v) is 4.00. The average molecular weight is 412 g/mol. The number of carboxylic acid groups (broad SMARTS) is 1. The second-order valence-corrected chi connectivity index (χ2v) is 7.81. The number of nitrogens with zero attached hydrogens (tertiary/aromatic N) is 3. The minimum atomic E-state index is -0.943. The minimum absolute atomic E-state index is 0.455. The zero-order valence-electron chi connectivity index (χ0n) is 18.3. The summed E-state index contributed by atoms with van der Waals surface area (Å²) in [4.78, 5) is 18.1. The van der Waals surface area contributed by atoms with Gasteiger partial charge >= 0.3 is 6.09 Å². The van der Waals surface area contributed by atoms with Crippen LogP contribution >= 0.6 is 0 Å². The van der Waals surface area contributed by atoms with E-state index in [0.29, 0.717) is 24.6 Å². The van der Waals surface area contributed by atoms with Crippen molar-refractivity contribution in [1.29, 1.82) is 0 Å². The van der Waals surface area contributed by atoms with Crippen LogP contribution in [0.25, 0.3) is 0 Å². The standard InChI is InChI=1S/C24H33N3O3/c1-4-30-23-9-6-5-8-21(23)27(24(28)29)13-7-12-25-14-16-26(17-15-25)22-18-19(2)10-11-20(22)3/h5-6,8-11,18H,4,7,12-17H2,1-3H3,(H,28,29). The summed E-state index contributed by atoms with van der Waals surface area (Å²) in [6.45, 7) is 12.1. The highest BCUT2D eigenvalue weighted by Crippen LogP contribution is 2.28. The Morgan fingerprint density at radius 2 is 1.83 bits per heavy atom. The quantitative estimate of drug-likeness (QED) is 0.698. The maximum absolute atomic E-state index is 11.8. The number of rotatable bonds is 8. The number of ether oxygens (including phenoxy) is 1. The summed E-state index contributed by atoms with van der Waals surface area (Å²) in [5.41, 5.74) is 4.56. The fraction of sp³-hybridized carbons (Fsp3) is 0.458. The SMILES string of the molecule is CCOc1ccccc1N(CCCN1CCN(c2cc(C)ccc2C)CC1)C(=O)O. The van der Waals surface area contributed by atoms with Gasteiger partial charge in [-0.3, -0.25) is 9.80 Å². The molecule has 0 bridgehead atoms. The summed E-state index contributed by atoms with van der Waals surface area (Å²) >= 11 is 0. The van der Waals surface area contributed by atoms with Crippen molar-refractivity contribution >= 4 is 17.5 Å². The van der Waals surface area contributed by atoms with Crippen LogP contribution in [0, 0.1) is 13.8 Å². The molecule has 0 radical (unpaired) electrons. The van der Waals surface area contributed by atoms with Crippen molar-refractivity contribution in [3.63, 3.8) is 0 Å². The van der Waals surface area contributed by atoms with E-state index in [4.69, 9.17) is 4.74 Å². The van der Waals surface area contributed by atoms with E-state index in [1.54, 1.807) is 0 Å². The molecule has 1 saturated heterocycles. The Morgan fingerprint density at radius 3 is 2.53 bits per heavy atom. The monoisotopic (exact) mass is 411 g/mol. The third-order valence-electron chi connectivity index (χ3n) is 5.62. The van der Waals surface area contributed by atoms with Crippen LogP contribution in [-0.2, 0) is 0 Å². The summed E-state index contributed by atoms with van der Waals surface area (Å²) in [6.07, 6.45) is -0.155. The number of benzene rings is 2. The first-order valence-electron chi connectivity index (χ1n) is 10.8. The molecule has 1 N–H and O–H groups in total. The third kappa shape index (κ3) is 5.45. The van der Waals surface area contributed by atoms with E-state index in [2.05, 4.69) is 41.8 Å². The number of anilines is 2. The van der Waals surface area contributed by atoms with Gasteiger partial charge in [-0.05, 0) is 63.1 Å². The minimum Gasteiger partial charge on any atom is -0.492 e. The van der Waals surface area contributed by atoms with Crippen molar-refractivity contribution in [2.75, 3.05) is 55.7 Å². The topological polar surface area (TPSA) is 56.2 Å². The Labute approximate surface area is 179 Å². The average Bonchev–Trinajstić information content (AvgIpc) is 2.74. The molecular formula is C24H33N3O3. The van der Waals surface area contributed by atoms with Gasteiger partial charge < -0.3 is 14.7 Å². The zero-order chi connectivity index (χ0) is 21.5. The lowest BCUT2D eigenvalue weighted by Crippen LogP contribution is -2.47. The van der Waals surface area contributed by atoms with Crippen molar-refractivity contribution in [2.24, 2.45) is 0 Å². The van der Waals surface area contributed by atoms with Gasteiger partial charge in [-0.1, -0.05) is 24.3 Å². The van der Waals surface area contributed by atoms with Crippen LogP contribution in [0.15, 0.2) is 42.5 Å². The predicted octanol–water partition coefficient (Wildman–Crippen LogP) is 4.40. The molecule has 1 amide bonds. The van der Waals surface area contributed by atoms with E-state index in [0.717, 1.165) is 39.1 Å². The van der Waals surface area contributed by atoms with E-state index in [1.807, 2.05) is 31.2 Å². The van der Waals surface area contributed by atoms with Crippen LogP contribution < -0.4 is 14.5 Å². The Balaban J connectivity index is 1.52. The van der Waals surface area contributed by atoms with Crippen LogP contribution in [-0.4, -0.2) is 62.0 Å². The van der Waals surface area contributed by atoms with Crippen LogP contribution in [0.1, 0.15) is 24.5 Å². The summed E-state index contributed by atoms with van der Waals surface area (Å²) in [7, 11) is 0. The first-order valence-corrected chi connectivity index (χ1v) is 10.8. The Kier molecular flexibility index (Phi) is 7.57. The van der Waals surface area contributed by atoms with Crippen molar-refractivity contribution < 1.29 is 14.6 Å². The molecule has 0 spiro atoms. The van der Waals surface area contributed by atoms with Crippen LogP contribution in [0.3, 0.4) is 0 Å². The van der Waals surface area contributed by atoms with Crippen molar-refractivity contribution in [2.45, 2.75) is 27.2 Å². The summed E-state index contributed by atoms with van der Waals surface area (Å²) in [5.74, 6) is 0.615. The number of hydrogen-bond acceptors (Lipinski definition) is 4. The molecule has 0 atom stereocenters. The van der Waals surface area contributed by atoms with Gasteiger partial charge in [-0.2, -0.15) is 0 Å². The maximum atomic E-state index is 11.8. The van der Waals surface area contributed by atoms with E-state index in [1.165, 1.54) is 21.7 Å². The van der Waals surface area contributed by atoms with Gasteiger partial charge in [0.05, 0.1) is 12.3 Å². The Hall–Kier alpha value is -2.73. The van der Waals surface area contributed by atoms with Gasteiger partial charge in [0.25, 0.3) is 0 Å². The number of carbonyl (C=O) groups is 1. The van der Waals surface area contributed by atoms with Crippen molar-refractivity contribution in [3.8, 4) is 5.75 Å². The molecule has 2 aromatic carbocycles. The predicted molar refractivity (Wildman–Crippen MR) is 122 cm³/mol. The zero-order valence-corrected chi connectivity index (χ0v) is 18.3. The van der Waals surface area contributed by atoms with Crippen LogP contribution in [0.5, 0.6) is 5.75 Å². The molecular weight excluding hydrogens is 378 g/mol. The number of aryl methyl sites for hydroxylation is 2. The highest BCUT2D eigenvalue weighted by Gasteiger charge is 2.21. The lowest BCUT2D eigenvalue weighted by atomic mass is 10.1. The van der Waals surface area contributed by atoms with E-state index in [-0.39, 0.29) is 0 Å². The first-order chi connectivity index (χ1) is 14.5. The highest BCUT2D eigenvalue weighted by atomic mass is 16.5. The second-order valence-electron chi connectivity index (χ2n) is 7.81. The number of amides is 1. The lowest BCUT2D eigenvalue weighted by Gasteiger charge is -2.37. The molecule has 0 saturated carbocycles. The molecule has 6 nitrogen and oxygen atoms in total. The number of para-hydroxylation sites is 2. The Morgan fingerprint density at radius 1 is 1.10 bits per heavy atom. The molecule has 0 aliphatic carbocycles. The molecule has 0 unspecified atom stereocenters. The fourth-order valence-electron chi connectivity index (χ4n) is 4.00.